The lowest BCUT2D eigenvalue weighted by atomic mass is 9.55. The van der Waals surface area contributed by atoms with Gasteiger partial charge < -0.3 is 19.3 Å². The van der Waals surface area contributed by atoms with Crippen molar-refractivity contribution in [2.45, 2.75) is 124 Å². The molecule has 3 aliphatic rings. The summed E-state index contributed by atoms with van der Waals surface area (Å²) in [5, 5.41) is 10.3. The van der Waals surface area contributed by atoms with Crippen LogP contribution in [0.1, 0.15) is 105 Å². The van der Waals surface area contributed by atoms with Gasteiger partial charge in [-0.25, -0.2) is 4.79 Å². The Kier molecular flexibility index (Phi) is 12.4. The van der Waals surface area contributed by atoms with Crippen LogP contribution in [0.25, 0.3) is 0 Å². The van der Waals surface area contributed by atoms with Crippen LogP contribution in [0.5, 0.6) is 0 Å². The van der Waals surface area contributed by atoms with Crippen LogP contribution < -0.4 is 0 Å². The summed E-state index contributed by atoms with van der Waals surface area (Å²) in [4.78, 5) is 40.7. The minimum absolute atomic E-state index is 0.0680. The van der Waals surface area contributed by atoms with Crippen molar-refractivity contribution in [3.05, 3.63) is 47.5 Å². The average molecular weight is 707 g/mol. The highest BCUT2D eigenvalue weighted by atomic mass is 19.4. The lowest BCUT2D eigenvalue weighted by Crippen LogP contribution is -2.56. The molecule has 1 aromatic rings. The zero-order chi connectivity index (χ0) is 37.2. The van der Waals surface area contributed by atoms with Crippen molar-refractivity contribution in [1.29, 1.82) is 0 Å². The molecule has 0 bridgehead atoms. The summed E-state index contributed by atoms with van der Waals surface area (Å²) in [5.41, 5.74) is -4.91. The molecule has 2 fully saturated rings. The molecular weight excluding hydrogens is 649 g/mol. The van der Waals surface area contributed by atoms with Crippen LogP contribution in [0.15, 0.2) is 42.0 Å². The van der Waals surface area contributed by atoms with E-state index >= 15 is 0 Å². The van der Waals surface area contributed by atoms with Crippen molar-refractivity contribution in [2.24, 2.45) is 46.3 Å². The molecule has 0 unspecified atom stereocenters. The fraction of sp³-hybridized carbons (Fsp3) is 0.725. The molecule has 0 amide bonds. The number of benzene rings is 1. The highest BCUT2D eigenvalue weighted by Gasteiger charge is 2.65. The van der Waals surface area contributed by atoms with Crippen LogP contribution in [0.4, 0.5) is 13.2 Å². The number of alkyl halides is 3. The number of carbonyl (C=O) groups is 3. The van der Waals surface area contributed by atoms with Gasteiger partial charge in [-0.05, 0) is 85.2 Å². The third kappa shape index (κ3) is 7.43. The summed E-state index contributed by atoms with van der Waals surface area (Å²) in [7, 11) is 0.830. The number of fused-ring (bicyclic) bond motifs is 1. The zero-order valence-electron chi connectivity index (χ0n) is 31.0. The number of aliphatic hydroxyl groups is 1. The summed E-state index contributed by atoms with van der Waals surface area (Å²) in [6.45, 7) is 14.1. The van der Waals surface area contributed by atoms with Crippen LogP contribution in [0.2, 0.25) is 0 Å². The molecule has 7 nitrogen and oxygen atoms in total. The average Bonchev–Trinajstić information content (AvgIpc) is 3.38. The molecule has 0 aliphatic heterocycles. The van der Waals surface area contributed by atoms with Crippen LogP contribution in [0.3, 0.4) is 0 Å². The number of carbonyl (C=O) groups excluding carboxylic acids is 3. The Morgan fingerprint density at radius 3 is 2.22 bits per heavy atom. The minimum atomic E-state index is -5.17. The first-order valence-corrected chi connectivity index (χ1v) is 18.3. The van der Waals surface area contributed by atoms with Crippen LogP contribution in [-0.2, 0) is 34.2 Å². The quantitative estimate of drug-likeness (QED) is 0.206. The van der Waals surface area contributed by atoms with Crippen molar-refractivity contribution in [3.8, 4) is 0 Å². The number of hydrogen-bond donors (Lipinski definition) is 1. The van der Waals surface area contributed by atoms with E-state index in [-0.39, 0.29) is 30.6 Å². The first-order valence-electron chi connectivity index (χ1n) is 18.3. The van der Waals surface area contributed by atoms with Gasteiger partial charge in [0.1, 0.15) is 12.2 Å². The molecule has 10 heteroatoms. The van der Waals surface area contributed by atoms with Crippen molar-refractivity contribution in [1.82, 2.24) is 0 Å². The summed E-state index contributed by atoms with van der Waals surface area (Å²) in [5.74, 6) is -1.60. The second kappa shape index (κ2) is 15.5. The van der Waals surface area contributed by atoms with Crippen molar-refractivity contribution >= 4 is 17.7 Å². The van der Waals surface area contributed by atoms with E-state index in [1.807, 2.05) is 0 Å². The van der Waals surface area contributed by atoms with Crippen molar-refractivity contribution in [2.75, 3.05) is 13.7 Å². The highest BCUT2D eigenvalue weighted by molar-refractivity contribution is 6.02. The first kappa shape index (κ1) is 40.1. The van der Waals surface area contributed by atoms with E-state index in [0.717, 1.165) is 26.4 Å². The summed E-state index contributed by atoms with van der Waals surface area (Å²) in [6.07, 6.45) is -0.476. The number of ketones is 1. The van der Waals surface area contributed by atoms with Crippen LogP contribution in [-0.4, -0.2) is 54.9 Å². The topological polar surface area (TPSA) is 99.1 Å². The Morgan fingerprint density at radius 2 is 1.66 bits per heavy atom. The standard InChI is InChI=1S/C40H57F3O7/c1-24(2)25(3)14-15-26(4)31-16-17-32(37(31,6)20-21-44)30-23-34(33-22-29(49-27(5)45)18-19-38(33,7)35(30)46)50-36(47)39(48-8,40(41,42)43)28-12-10-9-11-13-28/h9-13,23-26,29,31-34,44H,14-22H2,1-8H3/t25-,26+,29-,31+,32-,33+,34-,37+,38-,39+/m0/s1. The Hall–Kier alpha value is -2.72. The first-order chi connectivity index (χ1) is 23.4. The van der Waals surface area contributed by atoms with Crippen molar-refractivity contribution < 1.29 is 46.9 Å². The van der Waals surface area contributed by atoms with Gasteiger partial charge in [-0.2, -0.15) is 13.2 Å². The van der Waals surface area contributed by atoms with Gasteiger partial charge in [-0.1, -0.05) is 84.7 Å². The summed E-state index contributed by atoms with van der Waals surface area (Å²) >= 11 is 0. The maximum Gasteiger partial charge on any atom is 0.432 e. The zero-order valence-corrected chi connectivity index (χ0v) is 31.0. The van der Waals surface area contributed by atoms with Crippen LogP contribution >= 0.6 is 0 Å². The number of allylic oxidation sites excluding steroid dienone is 1. The maximum absolute atomic E-state index is 14.9. The molecule has 1 N–H and O–H groups in total. The van der Waals surface area contributed by atoms with Gasteiger partial charge in [-0.15, -0.1) is 0 Å². The smallest absolute Gasteiger partial charge is 0.432 e. The number of aliphatic hydroxyl groups excluding tert-OH is 1. The second-order valence-corrected chi connectivity index (χ2v) is 16.1. The van der Waals surface area contributed by atoms with E-state index in [1.165, 1.54) is 31.2 Å². The third-order valence-corrected chi connectivity index (χ3v) is 12.9. The van der Waals surface area contributed by atoms with Gasteiger partial charge in [-0.3, -0.25) is 9.59 Å². The van der Waals surface area contributed by atoms with Gasteiger partial charge in [0.15, 0.2) is 5.78 Å². The Labute approximate surface area is 295 Å². The van der Waals surface area contributed by atoms with Gasteiger partial charge in [0.05, 0.1) is 0 Å². The van der Waals surface area contributed by atoms with Gasteiger partial charge >= 0.3 is 18.1 Å². The van der Waals surface area contributed by atoms with Gasteiger partial charge in [0.25, 0.3) is 5.60 Å². The third-order valence-electron chi connectivity index (χ3n) is 12.9. The SMILES string of the molecule is CO[C@@](C(=O)O[C@H]1C=C([C@@H]2CC[C@H]([C@H](C)CC[C@H](C)C(C)C)[C@@]2(C)CCO)C(=O)[C@@]2(C)CC[C@H](OC(C)=O)C[C@H]12)(c1ccccc1)C(F)(F)F. The predicted octanol–water partition coefficient (Wildman–Crippen LogP) is 8.37. The van der Waals surface area contributed by atoms with E-state index < -0.39 is 58.2 Å². The molecule has 50 heavy (non-hydrogen) atoms. The molecular formula is C40H57F3O7. The fourth-order valence-corrected chi connectivity index (χ4v) is 9.48. The summed E-state index contributed by atoms with van der Waals surface area (Å²) in [6, 6.07) is 6.68. The van der Waals surface area contributed by atoms with E-state index in [1.54, 1.807) is 19.1 Å². The molecule has 0 saturated heterocycles. The molecule has 0 spiro atoms. The van der Waals surface area contributed by atoms with E-state index in [0.29, 0.717) is 49.0 Å². The lowest BCUT2D eigenvalue weighted by Gasteiger charge is -2.50. The number of halogens is 3. The lowest BCUT2D eigenvalue weighted by molar-refractivity contribution is -0.279. The summed E-state index contributed by atoms with van der Waals surface area (Å²) < 4.78 is 61.4. The minimum Gasteiger partial charge on any atom is -0.463 e. The second-order valence-electron chi connectivity index (χ2n) is 16.1. The number of rotatable bonds is 13. The molecule has 10 atom stereocenters. The Morgan fingerprint density at radius 1 is 1.00 bits per heavy atom. The molecule has 0 aromatic heterocycles. The molecule has 2 saturated carbocycles. The van der Waals surface area contributed by atoms with E-state index in [9.17, 15) is 32.7 Å². The largest absolute Gasteiger partial charge is 0.463 e. The Bertz CT molecular complexity index is 1390. The number of esters is 2. The normalized spacial score (nSPS) is 32.5. The van der Waals surface area contributed by atoms with Gasteiger partial charge in [0, 0.05) is 37.5 Å². The number of hydrogen-bond acceptors (Lipinski definition) is 7. The number of methoxy groups -OCH3 is 1. The van der Waals surface area contributed by atoms with E-state index in [4.69, 9.17) is 14.2 Å². The maximum atomic E-state index is 14.9. The molecule has 280 valence electrons. The van der Waals surface area contributed by atoms with Crippen LogP contribution in [0, 0.1) is 46.3 Å². The molecule has 1 aromatic carbocycles. The molecule has 3 aliphatic carbocycles. The highest BCUT2D eigenvalue weighted by Crippen LogP contribution is 2.60. The number of ether oxygens (including phenoxy) is 3. The van der Waals surface area contributed by atoms with Gasteiger partial charge in [0.2, 0.25) is 0 Å². The van der Waals surface area contributed by atoms with Crippen molar-refractivity contribution in [3.63, 3.8) is 0 Å². The molecule has 0 radical (unpaired) electrons. The predicted molar refractivity (Wildman–Crippen MR) is 184 cm³/mol. The van der Waals surface area contributed by atoms with E-state index in [2.05, 4.69) is 34.6 Å². The Balaban J connectivity index is 1.79. The number of Topliss-reactive ketones (excluding diaryl/α,β-unsaturated/α-hetero) is 1. The fourth-order valence-electron chi connectivity index (χ4n) is 9.48. The monoisotopic (exact) mass is 706 g/mol. The molecule has 0 heterocycles. The molecule has 4 rings (SSSR count).